The highest BCUT2D eigenvalue weighted by molar-refractivity contribution is 5.27. The molecule has 2 rings (SSSR count). The Hall–Kier alpha value is -1.13. The highest BCUT2D eigenvalue weighted by Crippen LogP contribution is 2.27. The smallest absolute Gasteiger partial charge is 0.138 e. The zero-order chi connectivity index (χ0) is 14.4. The summed E-state index contributed by atoms with van der Waals surface area (Å²) in [6.45, 7) is 3.42. The van der Waals surface area contributed by atoms with E-state index in [1.54, 1.807) is 6.07 Å². The summed E-state index contributed by atoms with van der Waals surface area (Å²) >= 11 is 0. The molecule has 112 valence electrons. The molecular formula is C16H26N2O2. The Morgan fingerprint density at radius 1 is 1.30 bits per heavy atom. The number of nitrogens with one attached hydrogen (secondary N) is 1. The average Bonchev–Trinajstić information content (AvgIpc) is 2.44. The summed E-state index contributed by atoms with van der Waals surface area (Å²) in [4.78, 5) is 4.32. The van der Waals surface area contributed by atoms with Crippen LogP contribution in [0.1, 0.15) is 49.9 Å². The minimum absolute atomic E-state index is 0.0914. The van der Waals surface area contributed by atoms with Gasteiger partial charge in [0.2, 0.25) is 0 Å². The number of aryl methyl sites for hydroxylation is 1. The standard InChI is InChI=1S/C16H26N2O2/c1-12-8-9-16(20)14(18-12)11-17-10-4-6-13-5-2-3-7-15(13)19/h8-9,13,15,17,19-20H,2-7,10-11H2,1H3. The third-order valence-corrected chi connectivity index (χ3v) is 4.18. The number of aliphatic hydroxyl groups is 1. The number of hydrogen-bond acceptors (Lipinski definition) is 4. The number of pyridine rings is 1. The van der Waals surface area contributed by atoms with Gasteiger partial charge in [-0.05, 0) is 57.2 Å². The summed E-state index contributed by atoms with van der Waals surface area (Å²) in [6, 6.07) is 3.50. The van der Waals surface area contributed by atoms with Crippen LogP contribution in [0.5, 0.6) is 5.75 Å². The Labute approximate surface area is 121 Å². The highest BCUT2D eigenvalue weighted by atomic mass is 16.3. The van der Waals surface area contributed by atoms with Crippen LogP contribution in [0.2, 0.25) is 0 Å². The van der Waals surface area contributed by atoms with Crippen LogP contribution in [0.4, 0.5) is 0 Å². The van der Waals surface area contributed by atoms with Gasteiger partial charge in [-0.1, -0.05) is 12.8 Å². The fourth-order valence-electron chi connectivity index (χ4n) is 2.95. The molecule has 0 bridgehead atoms. The lowest BCUT2D eigenvalue weighted by Crippen LogP contribution is -2.25. The van der Waals surface area contributed by atoms with Gasteiger partial charge >= 0.3 is 0 Å². The molecule has 0 aromatic carbocycles. The molecule has 1 aliphatic rings. The van der Waals surface area contributed by atoms with Crippen molar-refractivity contribution < 1.29 is 10.2 Å². The van der Waals surface area contributed by atoms with Crippen LogP contribution in [-0.4, -0.2) is 27.8 Å². The first-order valence-electron chi connectivity index (χ1n) is 7.71. The number of rotatable bonds is 6. The van der Waals surface area contributed by atoms with Gasteiger partial charge in [-0.25, -0.2) is 0 Å². The fraction of sp³-hybridized carbons (Fsp3) is 0.688. The molecule has 0 aliphatic heterocycles. The molecule has 3 N–H and O–H groups in total. The van der Waals surface area contributed by atoms with E-state index < -0.39 is 0 Å². The van der Waals surface area contributed by atoms with Gasteiger partial charge in [0.25, 0.3) is 0 Å². The second kappa shape index (κ2) is 7.60. The highest BCUT2D eigenvalue weighted by Gasteiger charge is 2.22. The molecule has 20 heavy (non-hydrogen) atoms. The van der Waals surface area contributed by atoms with Gasteiger partial charge in [0.05, 0.1) is 11.8 Å². The van der Waals surface area contributed by atoms with Gasteiger partial charge in [-0.3, -0.25) is 4.98 Å². The summed E-state index contributed by atoms with van der Waals surface area (Å²) in [5.74, 6) is 0.738. The number of nitrogens with zero attached hydrogens (tertiary/aromatic N) is 1. The molecule has 0 radical (unpaired) electrons. The Balaban J connectivity index is 1.65. The largest absolute Gasteiger partial charge is 0.506 e. The van der Waals surface area contributed by atoms with Crippen molar-refractivity contribution in [3.8, 4) is 5.75 Å². The predicted octanol–water partition coefficient (Wildman–Crippen LogP) is 2.52. The second-order valence-corrected chi connectivity index (χ2v) is 5.85. The fourth-order valence-corrected chi connectivity index (χ4v) is 2.95. The molecule has 2 atom stereocenters. The van der Waals surface area contributed by atoms with E-state index in [4.69, 9.17) is 0 Å². The topological polar surface area (TPSA) is 65.4 Å². The number of aromatic hydroxyl groups is 1. The van der Waals surface area contributed by atoms with E-state index in [9.17, 15) is 10.2 Å². The molecule has 2 unspecified atom stereocenters. The van der Waals surface area contributed by atoms with Gasteiger partial charge in [0.15, 0.2) is 0 Å². The van der Waals surface area contributed by atoms with Crippen LogP contribution in [0, 0.1) is 12.8 Å². The minimum atomic E-state index is -0.0914. The lowest BCUT2D eigenvalue weighted by molar-refractivity contribution is 0.0643. The van der Waals surface area contributed by atoms with E-state index in [0.29, 0.717) is 18.2 Å². The van der Waals surface area contributed by atoms with Crippen LogP contribution in [0.3, 0.4) is 0 Å². The Bertz CT molecular complexity index is 423. The molecule has 1 saturated carbocycles. The molecule has 1 aliphatic carbocycles. The lowest BCUT2D eigenvalue weighted by Gasteiger charge is -2.27. The maximum atomic E-state index is 9.91. The van der Waals surface area contributed by atoms with E-state index in [1.165, 1.54) is 19.3 Å². The van der Waals surface area contributed by atoms with E-state index in [-0.39, 0.29) is 11.9 Å². The van der Waals surface area contributed by atoms with Crippen molar-refractivity contribution in [2.45, 2.75) is 58.1 Å². The van der Waals surface area contributed by atoms with Crippen LogP contribution >= 0.6 is 0 Å². The Morgan fingerprint density at radius 3 is 2.90 bits per heavy atom. The first kappa shape index (κ1) is 15.3. The number of aromatic nitrogens is 1. The van der Waals surface area contributed by atoms with Crippen LogP contribution in [0.15, 0.2) is 12.1 Å². The molecule has 4 nitrogen and oxygen atoms in total. The van der Waals surface area contributed by atoms with Crippen LogP contribution < -0.4 is 5.32 Å². The second-order valence-electron chi connectivity index (χ2n) is 5.85. The van der Waals surface area contributed by atoms with Crippen molar-refractivity contribution in [1.29, 1.82) is 0 Å². The maximum Gasteiger partial charge on any atom is 0.138 e. The summed E-state index contributed by atoms with van der Waals surface area (Å²) < 4.78 is 0. The number of aliphatic hydroxyl groups excluding tert-OH is 1. The first-order valence-corrected chi connectivity index (χ1v) is 7.71. The molecule has 1 aromatic heterocycles. The van der Waals surface area contributed by atoms with Crippen molar-refractivity contribution in [2.24, 2.45) is 5.92 Å². The zero-order valence-corrected chi connectivity index (χ0v) is 12.3. The lowest BCUT2D eigenvalue weighted by atomic mass is 9.83. The van der Waals surface area contributed by atoms with E-state index in [0.717, 1.165) is 31.5 Å². The molecule has 1 fully saturated rings. The molecular weight excluding hydrogens is 252 g/mol. The number of hydrogen-bond donors (Lipinski definition) is 3. The van der Waals surface area contributed by atoms with Gasteiger partial charge in [0.1, 0.15) is 5.75 Å². The molecule has 0 spiro atoms. The Morgan fingerprint density at radius 2 is 2.10 bits per heavy atom. The predicted molar refractivity (Wildman–Crippen MR) is 79.5 cm³/mol. The van der Waals surface area contributed by atoms with Crippen molar-refractivity contribution in [2.75, 3.05) is 6.54 Å². The monoisotopic (exact) mass is 278 g/mol. The summed E-state index contributed by atoms with van der Waals surface area (Å²) in [5.41, 5.74) is 1.63. The van der Waals surface area contributed by atoms with Gasteiger partial charge in [-0.2, -0.15) is 0 Å². The van der Waals surface area contributed by atoms with Crippen LogP contribution in [0.25, 0.3) is 0 Å². The average molecular weight is 278 g/mol. The van der Waals surface area contributed by atoms with Crippen LogP contribution in [-0.2, 0) is 6.54 Å². The minimum Gasteiger partial charge on any atom is -0.506 e. The summed E-state index contributed by atoms with van der Waals surface area (Å²) in [5, 5.41) is 22.9. The molecule has 0 amide bonds. The van der Waals surface area contributed by atoms with Crippen molar-refractivity contribution >= 4 is 0 Å². The van der Waals surface area contributed by atoms with Crippen molar-refractivity contribution in [3.63, 3.8) is 0 Å². The summed E-state index contributed by atoms with van der Waals surface area (Å²) in [6.07, 6.45) is 6.63. The maximum absolute atomic E-state index is 9.91. The first-order chi connectivity index (χ1) is 9.66. The molecule has 1 heterocycles. The SMILES string of the molecule is Cc1ccc(O)c(CNCCCC2CCCCC2O)n1. The van der Waals surface area contributed by atoms with Crippen molar-refractivity contribution in [3.05, 3.63) is 23.5 Å². The molecule has 4 heteroatoms. The van der Waals surface area contributed by atoms with E-state index in [2.05, 4.69) is 10.3 Å². The molecule has 1 aromatic rings. The normalized spacial score (nSPS) is 22.9. The van der Waals surface area contributed by atoms with E-state index >= 15 is 0 Å². The quantitative estimate of drug-likeness (QED) is 0.700. The van der Waals surface area contributed by atoms with Gasteiger partial charge in [-0.15, -0.1) is 0 Å². The Kier molecular flexibility index (Phi) is 5.80. The third kappa shape index (κ3) is 4.46. The molecule has 0 saturated heterocycles. The van der Waals surface area contributed by atoms with E-state index in [1.807, 2.05) is 13.0 Å². The van der Waals surface area contributed by atoms with Gasteiger partial charge < -0.3 is 15.5 Å². The third-order valence-electron chi connectivity index (χ3n) is 4.18. The van der Waals surface area contributed by atoms with Gasteiger partial charge in [0, 0.05) is 12.2 Å². The van der Waals surface area contributed by atoms with Crippen molar-refractivity contribution in [1.82, 2.24) is 10.3 Å². The zero-order valence-electron chi connectivity index (χ0n) is 12.3. The summed E-state index contributed by atoms with van der Waals surface area (Å²) in [7, 11) is 0.